The van der Waals surface area contributed by atoms with Gasteiger partial charge in [-0.1, -0.05) is 0 Å². The Hall–Kier alpha value is -4.19. The fourth-order valence-corrected chi connectivity index (χ4v) is 6.23. The highest BCUT2D eigenvalue weighted by Crippen LogP contribution is 2.36. The Bertz CT molecular complexity index is 1880. The summed E-state index contributed by atoms with van der Waals surface area (Å²) in [4.78, 5) is 29.4. The van der Waals surface area contributed by atoms with Gasteiger partial charge in [0.25, 0.3) is 0 Å². The van der Waals surface area contributed by atoms with Gasteiger partial charge in [-0.05, 0) is 89.1 Å². The zero-order valence-electron chi connectivity index (χ0n) is 25.7. The number of imidazole rings is 1. The van der Waals surface area contributed by atoms with Crippen LogP contribution in [0.2, 0.25) is 0 Å². The predicted octanol–water partition coefficient (Wildman–Crippen LogP) is 5.51. The quantitative estimate of drug-likeness (QED) is 0.304. The third-order valence-corrected chi connectivity index (χ3v) is 9.49. The number of carbonyl (C=O) groups is 1. The first kappa shape index (κ1) is 30.3. The van der Waals surface area contributed by atoms with Crippen molar-refractivity contribution in [1.82, 2.24) is 23.8 Å². The highest BCUT2D eigenvalue weighted by molar-refractivity contribution is 7.93. The van der Waals surface area contributed by atoms with Gasteiger partial charge in [0.05, 0.1) is 32.8 Å². The van der Waals surface area contributed by atoms with Crippen LogP contribution in [0.5, 0.6) is 0 Å². The van der Waals surface area contributed by atoms with Crippen molar-refractivity contribution in [3.05, 3.63) is 87.5 Å². The van der Waals surface area contributed by atoms with Crippen molar-refractivity contribution < 1.29 is 18.1 Å². The molecule has 5 rings (SSSR count). The number of aryl methyl sites for hydroxylation is 2. The molecule has 0 spiro atoms. The Morgan fingerprint density at radius 1 is 1.07 bits per heavy atom. The Labute approximate surface area is 250 Å². The Balaban J connectivity index is 1.69. The van der Waals surface area contributed by atoms with E-state index in [2.05, 4.69) is 4.36 Å². The molecule has 2 aromatic carbocycles. The first-order valence-corrected chi connectivity index (χ1v) is 15.9. The molecule has 3 heterocycles. The van der Waals surface area contributed by atoms with Crippen LogP contribution in [0.25, 0.3) is 17.2 Å². The highest BCUT2D eigenvalue weighted by atomic mass is 32.2. The van der Waals surface area contributed by atoms with Gasteiger partial charge >= 0.3 is 11.8 Å². The molecule has 0 fully saturated rings. The summed E-state index contributed by atoms with van der Waals surface area (Å²) >= 11 is 0. The summed E-state index contributed by atoms with van der Waals surface area (Å²) in [6.45, 7) is 11.1. The third-order valence-electron chi connectivity index (χ3n) is 7.65. The van der Waals surface area contributed by atoms with E-state index in [0.29, 0.717) is 51.7 Å². The number of carbonyl (C=O) groups excluding carboxylic acids is 1. The number of halogens is 1. The summed E-state index contributed by atoms with van der Waals surface area (Å²) in [6, 6.07) is 9.78. The summed E-state index contributed by atoms with van der Waals surface area (Å²) in [5, 5.41) is 4.90. The molecule has 0 saturated heterocycles. The van der Waals surface area contributed by atoms with Crippen LogP contribution in [0.3, 0.4) is 0 Å². The molecule has 2 aromatic heterocycles. The van der Waals surface area contributed by atoms with Crippen LogP contribution in [-0.4, -0.2) is 59.6 Å². The molecule has 0 radical (unpaired) electrons. The maximum absolute atomic E-state index is 14.6. The van der Waals surface area contributed by atoms with Gasteiger partial charge in [0.2, 0.25) is 0 Å². The van der Waals surface area contributed by atoms with E-state index in [1.54, 1.807) is 78.5 Å². The number of nitrogens with zero attached hydrogens (tertiary/aromatic N) is 6. The van der Waals surface area contributed by atoms with E-state index in [4.69, 9.17) is 9.84 Å². The van der Waals surface area contributed by atoms with E-state index in [0.717, 1.165) is 5.69 Å². The first-order chi connectivity index (χ1) is 20.1. The molecule has 1 unspecified atom stereocenters. The molecule has 1 aliphatic heterocycles. The second kappa shape index (κ2) is 10.8. The summed E-state index contributed by atoms with van der Waals surface area (Å²) in [6.07, 6.45) is 4.86. The second-order valence-corrected chi connectivity index (χ2v) is 14.3. The predicted molar refractivity (Wildman–Crippen MR) is 164 cm³/mol. The van der Waals surface area contributed by atoms with Gasteiger partial charge in [-0.15, -0.1) is 0 Å². The number of ether oxygens (including phenoxy) is 1. The standard InChI is InChI=1S/C31H37FN6O4S/c1-19-17-23(18-20(2)27(19)32)38-28(26-21(3)35(14-13-25(26)34-38)30(40)42-31(4,5)6)37-16-15-36(29(37)39)22-9-11-24(12-10-22)43(8,41)33-7/h9-12,15-18,21H,13-14H2,1-8H3/t21-,43?/m0/s1. The molecule has 2 atom stereocenters. The summed E-state index contributed by atoms with van der Waals surface area (Å²) in [5.74, 6) is 0.160. The smallest absolute Gasteiger partial charge is 0.410 e. The van der Waals surface area contributed by atoms with E-state index in [-0.39, 0.29) is 11.5 Å². The molecule has 0 bridgehead atoms. The van der Waals surface area contributed by atoms with Crippen molar-refractivity contribution in [3.8, 4) is 17.2 Å². The van der Waals surface area contributed by atoms with Crippen LogP contribution in [0.1, 0.15) is 56.1 Å². The molecular weight excluding hydrogens is 571 g/mol. The van der Waals surface area contributed by atoms with Gasteiger partial charge in [-0.3, -0.25) is 9.13 Å². The molecule has 1 aliphatic rings. The first-order valence-electron chi connectivity index (χ1n) is 14.0. The average molecular weight is 609 g/mol. The number of benzene rings is 2. The van der Waals surface area contributed by atoms with Gasteiger partial charge in [0, 0.05) is 49.1 Å². The lowest BCUT2D eigenvalue weighted by Crippen LogP contribution is -2.42. The normalized spacial score (nSPS) is 16.5. The molecular formula is C31H37FN6O4S. The molecule has 1 amide bonds. The SMILES string of the molecule is CN=S(C)(=O)c1ccc(-n2ccn(-c3c4c(nn3-c3cc(C)c(F)c(C)c3)CCN(C(=O)OC(C)(C)C)[C@H]4C)c2=O)cc1. The van der Waals surface area contributed by atoms with Crippen molar-refractivity contribution in [2.24, 2.45) is 4.36 Å². The topological polar surface area (TPSA) is 104 Å². The van der Waals surface area contributed by atoms with E-state index < -0.39 is 27.5 Å². The van der Waals surface area contributed by atoms with E-state index in [1.807, 2.05) is 27.7 Å². The van der Waals surface area contributed by atoms with Gasteiger partial charge in [-0.2, -0.15) is 5.10 Å². The van der Waals surface area contributed by atoms with Gasteiger partial charge in [-0.25, -0.2) is 27.2 Å². The summed E-state index contributed by atoms with van der Waals surface area (Å²) < 4.78 is 41.6. The van der Waals surface area contributed by atoms with Crippen molar-refractivity contribution >= 4 is 15.8 Å². The maximum atomic E-state index is 14.6. The van der Waals surface area contributed by atoms with Crippen molar-refractivity contribution in [3.63, 3.8) is 0 Å². The lowest BCUT2D eigenvalue weighted by Gasteiger charge is -2.34. The van der Waals surface area contributed by atoms with Crippen LogP contribution in [0.4, 0.5) is 9.18 Å². The molecule has 43 heavy (non-hydrogen) atoms. The number of hydrogen-bond acceptors (Lipinski definition) is 6. The number of amides is 1. The average Bonchev–Trinajstić information content (AvgIpc) is 3.51. The van der Waals surface area contributed by atoms with Crippen LogP contribution in [-0.2, 0) is 20.9 Å². The van der Waals surface area contributed by atoms with Crippen molar-refractivity contribution in [2.45, 2.75) is 64.5 Å². The maximum Gasteiger partial charge on any atom is 0.410 e. The lowest BCUT2D eigenvalue weighted by molar-refractivity contribution is 0.0159. The largest absolute Gasteiger partial charge is 0.444 e. The number of fused-ring (bicyclic) bond motifs is 1. The van der Waals surface area contributed by atoms with E-state index in [9.17, 15) is 18.2 Å². The fourth-order valence-electron chi connectivity index (χ4n) is 5.38. The van der Waals surface area contributed by atoms with Gasteiger partial charge in [0.15, 0.2) is 0 Å². The summed E-state index contributed by atoms with van der Waals surface area (Å²) in [7, 11) is -1.01. The van der Waals surface area contributed by atoms with Crippen LogP contribution < -0.4 is 5.69 Å². The fraction of sp³-hybridized carbons (Fsp3) is 0.387. The highest BCUT2D eigenvalue weighted by Gasteiger charge is 2.37. The van der Waals surface area contributed by atoms with E-state index in [1.165, 1.54) is 16.2 Å². The van der Waals surface area contributed by atoms with E-state index >= 15 is 0 Å². The Kier molecular flexibility index (Phi) is 7.62. The van der Waals surface area contributed by atoms with Gasteiger partial charge < -0.3 is 9.64 Å². The second-order valence-electron chi connectivity index (χ2n) is 11.9. The molecule has 0 N–H and O–H groups in total. The number of hydrogen-bond donors (Lipinski definition) is 0. The minimum Gasteiger partial charge on any atom is -0.444 e. The molecule has 4 aromatic rings. The molecule has 0 saturated carbocycles. The molecule has 0 aliphatic carbocycles. The number of aromatic nitrogens is 4. The van der Waals surface area contributed by atoms with Crippen molar-refractivity contribution in [1.29, 1.82) is 0 Å². The molecule has 10 nitrogen and oxygen atoms in total. The molecule has 228 valence electrons. The van der Waals surface area contributed by atoms with Crippen LogP contribution in [0.15, 0.2) is 62.8 Å². The Morgan fingerprint density at radius 2 is 1.67 bits per heavy atom. The zero-order chi connectivity index (χ0) is 31.4. The molecule has 12 heteroatoms. The monoisotopic (exact) mass is 608 g/mol. The van der Waals surface area contributed by atoms with Crippen molar-refractivity contribution in [2.75, 3.05) is 19.8 Å². The minimum absolute atomic E-state index is 0.301. The third kappa shape index (κ3) is 5.51. The van der Waals surface area contributed by atoms with Crippen LogP contribution in [0, 0.1) is 19.7 Å². The summed E-state index contributed by atoms with van der Waals surface area (Å²) in [5.41, 5.74) is 2.49. The lowest BCUT2D eigenvalue weighted by atomic mass is 10.00. The Morgan fingerprint density at radius 3 is 2.26 bits per heavy atom. The number of rotatable bonds is 4. The minimum atomic E-state index is -2.52. The zero-order valence-corrected chi connectivity index (χ0v) is 26.5. The van der Waals surface area contributed by atoms with Gasteiger partial charge in [0.1, 0.15) is 17.2 Å². The van der Waals surface area contributed by atoms with Crippen LogP contribution >= 0.6 is 0 Å².